The summed E-state index contributed by atoms with van der Waals surface area (Å²) in [6.07, 6.45) is 1.03. The molecule has 7 heteroatoms. The van der Waals surface area contributed by atoms with E-state index in [1.165, 1.54) is 0 Å². The highest BCUT2D eigenvalue weighted by Gasteiger charge is 2.24. The predicted molar refractivity (Wildman–Crippen MR) is 72.2 cm³/mol. The van der Waals surface area contributed by atoms with E-state index < -0.39 is 32.4 Å². The quantitative estimate of drug-likeness (QED) is 0.763. The number of nitrogens with one attached hydrogen (secondary N) is 1. The van der Waals surface area contributed by atoms with E-state index in [1.54, 1.807) is 0 Å². The molecule has 0 saturated heterocycles. The van der Waals surface area contributed by atoms with Crippen LogP contribution in [-0.2, 0) is 9.84 Å². The molecule has 0 aliphatic rings. The molecule has 1 atom stereocenters. The number of hydrogen-bond donors (Lipinski definition) is 2. The van der Waals surface area contributed by atoms with Crippen molar-refractivity contribution in [2.45, 2.75) is 30.7 Å². The summed E-state index contributed by atoms with van der Waals surface area (Å²) >= 11 is 0. The van der Waals surface area contributed by atoms with Crippen LogP contribution in [0.5, 0.6) is 0 Å². The first-order valence-corrected chi connectivity index (χ1v) is 8.08. The topological polar surface area (TPSA) is 66.4 Å². The van der Waals surface area contributed by atoms with Crippen LogP contribution in [0.1, 0.15) is 19.8 Å². The molecule has 0 aromatic heterocycles. The monoisotopic (exact) mass is 307 g/mol. The molecule has 1 aromatic rings. The highest BCUT2D eigenvalue weighted by Crippen LogP contribution is 2.18. The Hall–Kier alpha value is -1.05. The average molecular weight is 307 g/mol. The SMILES string of the molecule is CCCNC(CCO)CS(=O)(=O)c1cc(F)ccc1F. The molecule has 1 unspecified atom stereocenters. The lowest BCUT2D eigenvalue weighted by Crippen LogP contribution is -2.37. The Morgan fingerprint density at radius 3 is 2.65 bits per heavy atom. The van der Waals surface area contributed by atoms with E-state index in [0.717, 1.165) is 18.6 Å². The summed E-state index contributed by atoms with van der Waals surface area (Å²) in [5.74, 6) is -2.15. The smallest absolute Gasteiger partial charge is 0.182 e. The maximum atomic E-state index is 13.5. The molecule has 0 heterocycles. The van der Waals surface area contributed by atoms with Gasteiger partial charge in [0.25, 0.3) is 0 Å². The van der Waals surface area contributed by atoms with Crippen LogP contribution in [0.15, 0.2) is 23.1 Å². The normalized spacial score (nSPS) is 13.4. The zero-order chi connectivity index (χ0) is 15.2. The van der Waals surface area contributed by atoms with Crippen molar-refractivity contribution in [3.05, 3.63) is 29.8 Å². The van der Waals surface area contributed by atoms with Gasteiger partial charge < -0.3 is 10.4 Å². The van der Waals surface area contributed by atoms with Gasteiger partial charge in [0.05, 0.1) is 5.75 Å². The van der Waals surface area contributed by atoms with Gasteiger partial charge in [-0.3, -0.25) is 0 Å². The second-order valence-electron chi connectivity index (χ2n) is 4.52. The van der Waals surface area contributed by atoms with E-state index in [2.05, 4.69) is 5.32 Å². The maximum absolute atomic E-state index is 13.5. The minimum atomic E-state index is -3.95. The Labute approximate surface area is 117 Å². The fraction of sp³-hybridized carbons (Fsp3) is 0.538. The van der Waals surface area contributed by atoms with Crippen LogP contribution in [0.4, 0.5) is 8.78 Å². The Balaban J connectivity index is 2.93. The molecule has 2 N–H and O–H groups in total. The van der Waals surface area contributed by atoms with Gasteiger partial charge >= 0.3 is 0 Å². The standard InChI is InChI=1S/C13H19F2NO3S/c1-2-6-16-11(5-7-17)9-20(18,19)13-8-10(14)3-4-12(13)15/h3-4,8,11,16-17H,2,5-7,9H2,1H3. The van der Waals surface area contributed by atoms with Crippen molar-refractivity contribution in [3.63, 3.8) is 0 Å². The molecule has 4 nitrogen and oxygen atoms in total. The Morgan fingerprint density at radius 1 is 1.35 bits per heavy atom. The van der Waals surface area contributed by atoms with Crippen LogP contribution < -0.4 is 5.32 Å². The number of hydrogen-bond acceptors (Lipinski definition) is 4. The maximum Gasteiger partial charge on any atom is 0.182 e. The molecule has 0 aliphatic heterocycles. The van der Waals surface area contributed by atoms with Gasteiger partial charge in [0.2, 0.25) is 0 Å². The molecule has 1 rings (SSSR count). The van der Waals surface area contributed by atoms with E-state index in [9.17, 15) is 17.2 Å². The van der Waals surface area contributed by atoms with Crippen molar-refractivity contribution in [3.8, 4) is 0 Å². The second kappa shape index (κ2) is 7.66. The number of halogens is 2. The van der Waals surface area contributed by atoms with Crippen LogP contribution in [0.25, 0.3) is 0 Å². The molecule has 0 bridgehead atoms. The summed E-state index contributed by atoms with van der Waals surface area (Å²) in [4.78, 5) is -0.640. The highest BCUT2D eigenvalue weighted by molar-refractivity contribution is 7.91. The molecule has 0 radical (unpaired) electrons. The second-order valence-corrected chi connectivity index (χ2v) is 6.52. The third-order valence-electron chi connectivity index (χ3n) is 2.81. The first-order chi connectivity index (χ1) is 9.40. The summed E-state index contributed by atoms with van der Waals surface area (Å²) < 4.78 is 50.9. The first kappa shape index (κ1) is 17.0. The van der Waals surface area contributed by atoms with Gasteiger partial charge in [-0.05, 0) is 37.6 Å². The minimum Gasteiger partial charge on any atom is -0.396 e. The van der Waals surface area contributed by atoms with Gasteiger partial charge in [-0.25, -0.2) is 17.2 Å². The Bertz CT molecular complexity index is 534. The lowest BCUT2D eigenvalue weighted by atomic mass is 10.2. The molecule has 20 heavy (non-hydrogen) atoms. The number of rotatable bonds is 8. The van der Waals surface area contributed by atoms with Gasteiger partial charge in [0.1, 0.15) is 16.5 Å². The Kier molecular flexibility index (Phi) is 6.51. The zero-order valence-electron chi connectivity index (χ0n) is 11.3. The molecule has 0 spiro atoms. The number of sulfone groups is 1. The van der Waals surface area contributed by atoms with E-state index in [1.807, 2.05) is 6.92 Å². The number of aliphatic hydroxyl groups is 1. The van der Waals surface area contributed by atoms with Crippen molar-refractivity contribution >= 4 is 9.84 Å². The fourth-order valence-corrected chi connectivity index (χ4v) is 3.47. The average Bonchev–Trinajstić information content (AvgIpc) is 2.38. The summed E-state index contributed by atoms with van der Waals surface area (Å²) in [6.45, 7) is 2.33. The molecular weight excluding hydrogens is 288 g/mol. The largest absolute Gasteiger partial charge is 0.396 e. The van der Waals surface area contributed by atoms with Crippen LogP contribution in [0.2, 0.25) is 0 Å². The van der Waals surface area contributed by atoms with E-state index in [4.69, 9.17) is 5.11 Å². The first-order valence-electron chi connectivity index (χ1n) is 6.42. The van der Waals surface area contributed by atoms with Crippen molar-refractivity contribution < 1.29 is 22.3 Å². The highest BCUT2D eigenvalue weighted by atomic mass is 32.2. The summed E-state index contributed by atoms with van der Waals surface area (Å²) in [5, 5.41) is 11.9. The van der Waals surface area contributed by atoms with Crippen molar-refractivity contribution in [1.29, 1.82) is 0 Å². The summed E-state index contributed by atoms with van der Waals surface area (Å²) in [5.41, 5.74) is 0. The number of benzene rings is 1. The van der Waals surface area contributed by atoms with Crippen molar-refractivity contribution in [1.82, 2.24) is 5.32 Å². The molecule has 0 amide bonds. The molecular formula is C13H19F2NO3S. The van der Waals surface area contributed by atoms with E-state index >= 15 is 0 Å². The molecule has 114 valence electrons. The summed E-state index contributed by atoms with van der Waals surface area (Å²) in [6, 6.07) is 1.85. The van der Waals surface area contributed by atoms with E-state index in [0.29, 0.717) is 12.6 Å². The molecule has 0 saturated carbocycles. The number of aliphatic hydroxyl groups excluding tert-OH is 1. The van der Waals surface area contributed by atoms with Gasteiger partial charge in [-0.1, -0.05) is 6.92 Å². The summed E-state index contributed by atoms with van der Waals surface area (Å²) in [7, 11) is -3.95. The van der Waals surface area contributed by atoms with Crippen molar-refractivity contribution in [2.75, 3.05) is 18.9 Å². The van der Waals surface area contributed by atoms with Gasteiger partial charge in [-0.2, -0.15) is 0 Å². The minimum absolute atomic E-state index is 0.178. The predicted octanol–water partition coefficient (Wildman–Crippen LogP) is 1.49. The fourth-order valence-electron chi connectivity index (χ4n) is 1.82. The molecule has 0 fully saturated rings. The lowest BCUT2D eigenvalue weighted by Gasteiger charge is -2.17. The van der Waals surface area contributed by atoms with E-state index in [-0.39, 0.29) is 18.8 Å². The van der Waals surface area contributed by atoms with Gasteiger partial charge in [-0.15, -0.1) is 0 Å². The van der Waals surface area contributed by atoms with Crippen LogP contribution in [0.3, 0.4) is 0 Å². The zero-order valence-corrected chi connectivity index (χ0v) is 12.1. The van der Waals surface area contributed by atoms with Crippen molar-refractivity contribution in [2.24, 2.45) is 0 Å². The Morgan fingerprint density at radius 2 is 2.05 bits per heavy atom. The van der Waals surface area contributed by atoms with Gasteiger partial charge in [0.15, 0.2) is 9.84 Å². The van der Waals surface area contributed by atoms with Crippen LogP contribution >= 0.6 is 0 Å². The third-order valence-corrected chi connectivity index (χ3v) is 4.63. The lowest BCUT2D eigenvalue weighted by molar-refractivity contribution is 0.269. The molecule has 1 aromatic carbocycles. The third kappa shape index (κ3) is 4.81. The van der Waals surface area contributed by atoms with Crippen LogP contribution in [0, 0.1) is 11.6 Å². The van der Waals surface area contributed by atoms with Gasteiger partial charge in [0, 0.05) is 12.6 Å². The molecule has 0 aliphatic carbocycles. The van der Waals surface area contributed by atoms with Crippen LogP contribution in [-0.4, -0.2) is 38.5 Å².